The number of sulfonamides is 1. The van der Waals surface area contributed by atoms with Gasteiger partial charge in [0.25, 0.3) is 10.0 Å². The zero-order valence-corrected chi connectivity index (χ0v) is 27.9. The molecule has 2 fully saturated rings. The number of nitrogens with one attached hydrogen (secondary N) is 2. The van der Waals surface area contributed by atoms with Crippen molar-refractivity contribution in [1.29, 1.82) is 0 Å². The van der Waals surface area contributed by atoms with Crippen molar-refractivity contribution < 1.29 is 22.7 Å². The van der Waals surface area contributed by atoms with Crippen LogP contribution in [-0.2, 0) is 30.7 Å². The Morgan fingerprint density at radius 2 is 1.89 bits per heavy atom. The van der Waals surface area contributed by atoms with Gasteiger partial charge in [-0.15, -0.1) is 11.3 Å². The van der Waals surface area contributed by atoms with Gasteiger partial charge >= 0.3 is 0 Å². The summed E-state index contributed by atoms with van der Waals surface area (Å²) in [6.45, 7) is 9.88. The highest BCUT2D eigenvalue weighted by atomic mass is 35.5. The molecule has 1 saturated carbocycles. The summed E-state index contributed by atoms with van der Waals surface area (Å²) in [4.78, 5) is 18.5. The lowest BCUT2D eigenvalue weighted by Gasteiger charge is -2.34. The van der Waals surface area contributed by atoms with Crippen molar-refractivity contribution in [3.05, 3.63) is 63.4 Å². The first-order chi connectivity index (χ1) is 20.9. The summed E-state index contributed by atoms with van der Waals surface area (Å²) >= 11 is 7.95. The number of hydrogen-bond donors (Lipinski definition) is 3. The quantitative estimate of drug-likeness (QED) is 0.250. The zero-order chi connectivity index (χ0) is 31.8. The fourth-order valence-electron chi connectivity index (χ4n) is 6.05. The van der Waals surface area contributed by atoms with Gasteiger partial charge in [0.15, 0.2) is 11.6 Å². The number of anilines is 3. The number of nitrogens with two attached hydrogens (primary N) is 1. The Bertz CT molecular complexity index is 1600. The van der Waals surface area contributed by atoms with Crippen molar-refractivity contribution in [3.63, 3.8) is 0 Å². The lowest BCUT2D eigenvalue weighted by atomic mass is 10.0. The van der Waals surface area contributed by atoms with Crippen LogP contribution in [-0.4, -0.2) is 55.9 Å². The summed E-state index contributed by atoms with van der Waals surface area (Å²) in [6.07, 6.45) is 2.01. The molecule has 0 spiro atoms. The van der Waals surface area contributed by atoms with Crippen molar-refractivity contribution in [3.8, 4) is 0 Å². The predicted octanol–water partition coefficient (Wildman–Crippen LogP) is 5.36. The number of aromatic nitrogens is 1. The number of amides is 1. The molecule has 1 aliphatic carbocycles. The van der Waals surface area contributed by atoms with Gasteiger partial charge in [0.05, 0.1) is 39.3 Å². The predicted molar refractivity (Wildman–Crippen MR) is 175 cm³/mol. The van der Waals surface area contributed by atoms with E-state index in [1.807, 2.05) is 46.1 Å². The van der Waals surface area contributed by atoms with Gasteiger partial charge in [0.2, 0.25) is 5.91 Å². The number of thiophene rings is 1. The van der Waals surface area contributed by atoms with E-state index in [-0.39, 0.29) is 22.5 Å². The number of ether oxygens (including phenoxy) is 2. The molecule has 10 nitrogen and oxygen atoms in total. The van der Waals surface area contributed by atoms with E-state index in [0.717, 1.165) is 10.4 Å². The number of halogens is 1. The second kappa shape index (κ2) is 12.8. The molecule has 2 aromatic heterocycles. The maximum absolute atomic E-state index is 14.4. The van der Waals surface area contributed by atoms with E-state index >= 15 is 0 Å². The Morgan fingerprint density at radius 3 is 2.52 bits per heavy atom. The van der Waals surface area contributed by atoms with Gasteiger partial charge in [-0.05, 0) is 70.2 Å². The monoisotopic (exact) mass is 661 g/mol. The second-order valence-electron chi connectivity index (χ2n) is 11.7. The number of benzene rings is 1. The number of rotatable bonds is 11. The number of carbonyl (C=O) groups excluding carboxylic acids is 1. The molecule has 13 heteroatoms. The molecular weight excluding hydrogens is 622 g/mol. The molecule has 1 aromatic carbocycles. The van der Waals surface area contributed by atoms with Crippen LogP contribution in [0.25, 0.3) is 0 Å². The van der Waals surface area contributed by atoms with Gasteiger partial charge < -0.3 is 25.8 Å². The van der Waals surface area contributed by atoms with E-state index in [1.165, 1.54) is 15.6 Å². The Morgan fingerprint density at radius 1 is 1.18 bits per heavy atom. The standard InChI is InChI=1S/C31H40ClN5O5S2/c1-6-19(16-25-22(32)13-15-43-25)37(44(39,40)20-10-8-18(3)9-11-20)24-12-14-35-29(26(24)33)36-23-17-21(30(38)34-7-2)27-28(23)42-31(4,5)41-27/h8-15,19,21,23,27-28H,6-7,16-17,33H2,1-5H3,(H,34,38)(H,35,36)/t19?,21-,23+,27+,28-/m1/s1. The number of fused-ring (bicyclic) bond motifs is 1. The van der Waals surface area contributed by atoms with Crippen molar-refractivity contribution in [1.82, 2.24) is 10.3 Å². The maximum atomic E-state index is 14.4. The molecule has 4 N–H and O–H groups in total. The average molecular weight is 662 g/mol. The Labute approximate surface area is 268 Å². The van der Waals surface area contributed by atoms with E-state index in [4.69, 9.17) is 26.8 Å². The van der Waals surface area contributed by atoms with Crippen LogP contribution in [0.4, 0.5) is 17.2 Å². The molecule has 1 saturated heterocycles. The number of nitrogens with zero attached hydrogens (tertiary/aromatic N) is 2. The molecule has 44 heavy (non-hydrogen) atoms. The average Bonchev–Trinajstić information content (AvgIpc) is 3.62. The molecule has 1 unspecified atom stereocenters. The largest absolute Gasteiger partial charge is 0.394 e. The number of carbonyl (C=O) groups is 1. The summed E-state index contributed by atoms with van der Waals surface area (Å²) in [5.41, 5.74) is 8.22. The van der Waals surface area contributed by atoms with Gasteiger partial charge in [0.1, 0.15) is 12.2 Å². The molecule has 1 amide bonds. The minimum absolute atomic E-state index is 0.101. The summed E-state index contributed by atoms with van der Waals surface area (Å²) in [5.74, 6) is -1.08. The second-order valence-corrected chi connectivity index (χ2v) is 14.9. The smallest absolute Gasteiger partial charge is 0.264 e. The van der Waals surface area contributed by atoms with Gasteiger partial charge in [-0.3, -0.25) is 9.10 Å². The molecule has 0 radical (unpaired) electrons. The topological polar surface area (TPSA) is 136 Å². The lowest BCUT2D eigenvalue weighted by molar-refractivity contribution is -0.160. The summed E-state index contributed by atoms with van der Waals surface area (Å²) in [6, 6.07) is 9.37. The molecule has 238 valence electrons. The van der Waals surface area contributed by atoms with Crippen LogP contribution in [0.5, 0.6) is 0 Å². The highest BCUT2D eigenvalue weighted by Gasteiger charge is 2.56. The minimum Gasteiger partial charge on any atom is -0.394 e. The van der Waals surface area contributed by atoms with E-state index in [1.54, 1.807) is 36.5 Å². The Balaban J connectivity index is 1.53. The van der Waals surface area contributed by atoms with Crippen LogP contribution >= 0.6 is 22.9 Å². The van der Waals surface area contributed by atoms with Gasteiger partial charge in [-0.2, -0.15) is 0 Å². The van der Waals surface area contributed by atoms with Gasteiger partial charge in [-0.1, -0.05) is 36.2 Å². The van der Waals surface area contributed by atoms with E-state index in [2.05, 4.69) is 15.6 Å². The van der Waals surface area contributed by atoms with Crippen LogP contribution in [0, 0.1) is 12.8 Å². The van der Waals surface area contributed by atoms with Crippen molar-refractivity contribution in [2.75, 3.05) is 21.9 Å². The Hall–Kier alpha value is -2.90. The third-order valence-electron chi connectivity index (χ3n) is 8.17. The molecule has 3 heterocycles. The van der Waals surface area contributed by atoms with E-state index in [0.29, 0.717) is 42.3 Å². The van der Waals surface area contributed by atoms with Crippen molar-refractivity contribution in [2.45, 2.75) is 88.9 Å². The van der Waals surface area contributed by atoms with Crippen LogP contribution < -0.4 is 20.7 Å². The third-order valence-corrected chi connectivity index (χ3v) is 11.5. The van der Waals surface area contributed by atoms with Crippen LogP contribution in [0.1, 0.15) is 51.0 Å². The molecule has 2 aliphatic rings. The lowest BCUT2D eigenvalue weighted by Crippen LogP contribution is -2.42. The molecule has 5 atom stereocenters. The van der Waals surface area contributed by atoms with Gasteiger partial charge in [-0.25, -0.2) is 13.4 Å². The first-order valence-electron chi connectivity index (χ1n) is 14.8. The molecule has 5 rings (SSSR count). The number of pyridine rings is 1. The van der Waals surface area contributed by atoms with Gasteiger partial charge in [0, 0.05) is 24.0 Å². The van der Waals surface area contributed by atoms with Crippen molar-refractivity contribution >= 4 is 56.1 Å². The number of nitrogen functional groups attached to an aromatic ring is 1. The highest BCUT2D eigenvalue weighted by molar-refractivity contribution is 7.92. The summed E-state index contributed by atoms with van der Waals surface area (Å²) in [5, 5.41) is 8.78. The summed E-state index contributed by atoms with van der Waals surface area (Å²) < 4.78 is 42.6. The zero-order valence-electron chi connectivity index (χ0n) is 25.5. The SMILES string of the molecule is CCNC(=O)[C@@H]1C[C@H](Nc2nccc(N(C(CC)Cc3sccc3Cl)S(=O)(=O)c3ccc(C)cc3)c2N)[C@H]2OC(C)(C)O[C@H]21. The molecule has 0 bridgehead atoms. The molecule has 1 aliphatic heterocycles. The first kappa shape index (κ1) is 32.5. The number of hydrogen-bond acceptors (Lipinski definition) is 9. The van der Waals surface area contributed by atoms with Crippen molar-refractivity contribution in [2.24, 2.45) is 5.92 Å². The first-order valence-corrected chi connectivity index (χ1v) is 17.5. The van der Waals surface area contributed by atoms with E-state index in [9.17, 15) is 13.2 Å². The summed E-state index contributed by atoms with van der Waals surface area (Å²) in [7, 11) is -4.06. The van der Waals surface area contributed by atoms with Crippen LogP contribution in [0.15, 0.2) is 52.9 Å². The third kappa shape index (κ3) is 6.41. The fourth-order valence-corrected chi connectivity index (χ4v) is 8.98. The minimum atomic E-state index is -4.06. The molecular formula is C31H40ClN5O5S2. The Kier molecular flexibility index (Phi) is 9.48. The fraction of sp³-hybridized carbons (Fsp3) is 0.484. The highest BCUT2D eigenvalue weighted by Crippen LogP contribution is 2.44. The molecule has 3 aromatic rings. The van der Waals surface area contributed by atoms with Crippen LogP contribution in [0.2, 0.25) is 5.02 Å². The normalized spacial score (nSPS) is 23.2. The van der Waals surface area contributed by atoms with E-state index < -0.39 is 40.0 Å². The maximum Gasteiger partial charge on any atom is 0.264 e. The van der Waals surface area contributed by atoms with Crippen LogP contribution in [0.3, 0.4) is 0 Å². The number of aryl methyl sites for hydroxylation is 1.